The van der Waals surface area contributed by atoms with E-state index in [0.29, 0.717) is 6.42 Å². The predicted octanol–water partition coefficient (Wildman–Crippen LogP) is 2.17. The van der Waals surface area contributed by atoms with Crippen LogP contribution < -0.4 is 4.84 Å². The van der Waals surface area contributed by atoms with E-state index < -0.39 is 12.0 Å². The number of nitrogens with one attached hydrogen (secondary N) is 1. The van der Waals surface area contributed by atoms with Crippen LogP contribution in [0.3, 0.4) is 0 Å². The highest BCUT2D eigenvalue weighted by Gasteiger charge is 2.16. The van der Waals surface area contributed by atoms with E-state index in [0.717, 1.165) is 16.5 Å². The van der Waals surface area contributed by atoms with Crippen molar-refractivity contribution in [3.05, 3.63) is 36.1 Å². The Labute approximate surface area is 96.9 Å². The number of hydrogen-bond donors (Lipinski definition) is 2. The Morgan fingerprint density at radius 1 is 1.50 bits per heavy atom. The molecule has 0 aliphatic heterocycles. The van der Waals surface area contributed by atoms with Gasteiger partial charge in [-0.25, -0.2) is 4.84 Å². The van der Waals surface area contributed by atoms with Gasteiger partial charge < -0.3 is 9.52 Å². The fraction of sp³-hybridized carbons (Fsp3) is 0.182. The van der Waals surface area contributed by atoms with Crippen LogP contribution in [0.15, 0.2) is 34.9 Å². The van der Waals surface area contributed by atoms with Crippen LogP contribution in [-0.4, -0.2) is 17.1 Å². The fourth-order valence-corrected chi connectivity index (χ4v) is 1.72. The number of furan rings is 1. The number of rotatable bonds is 4. The summed E-state index contributed by atoms with van der Waals surface area (Å²) in [5.41, 5.74) is 1.68. The van der Waals surface area contributed by atoms with E-state index in [2.05, 4.69) is 4.84 Å². The van der Waals surface area contributed by atoms with Gasteiger partial charge in [0, 0.05) is 5.39 Å². The molecule has 0 spiro atoms. The van der Waals surface area contributed by atoms with Crippen LogP contribution in [0.1, 0.15) is 5.56 Å². The van der Waals surface area contributed by atoms with Gasteiger partial charge in [-0.1, -0.05) is 6.07 Å². The molecule has 0 aliphatic carbocycles. The third-order valence-corrected chi connectivity index (χ3v) is 2.65. The average molecular weight is 240 g/mol. The summed E-state index contributed by atoms with van der Waals surface area (Å²) < 4.78 is 5.19. The van der Waals surface area contributed by atoms with Crippen molar-refractivity contribution in [3.8, 4) is 0 Å². The standard InChI is InChI=1S/C11H10ClNO3/c12-13-9(11(14)15)6-7-1-2-10-8(5-7)3-4-16-10/h1-5,9,13H,6H2,(H,14,15)/t9-/m1/s1. The Balaban J connectivity index is 2.23. The number of benzene rings is 1. The van der Waals surface area contributed by atoms with E-state index in [1.807, 2.05) is 24.3 Å². The summed E-state index contributed by atoms with van der Waals surface area (Å²) in [5.74, 6) is -0.970. The number of carboxylic acid groups (broad SMARTS) is 1. The van der Waals surface area contributed by atoms with Crippen molar-refractivity contribution in [1.82, 2.24) is 4.84 Å². The molecule has 0 saturated carbocycles. The summed E-state index contributed by atoms with van der Waals surface area (Å²) in [6.07, 6.45) is 1.93. The Kier molecular flexibility index (Phi) is 3.12. The van der Waals surface area contributed by atoms with Gasteiger partial charge in [-0.2, -0.15) is 0 Å². The first-order valence-electron chi connectivity index (χ1n) is 4.76. The van der Waals surface area contributed by atoms with Crippen molar-refractivity contribution >= 4 is 28.7 Å². The quantitative estimate of drug-likeness (QED) is 0.803. The molecule has 1 aromatic heterocycles. The van der Waals surface area contributed by atoms with E-state index >= 15 is 0 Å². The topological polar surface area (TPSA) is 62.5 Å². The molecule has 1 atom stereocenters. The first kappa shape index (κ1) is 11.0. The summed E-state index contributed by atoms with van der Waals surface area (Å²) in [7, 11) is 0. The van der Waals surface area contributed by atoms with Crippen molar-refractivity contribution in [2.75, 3.05) is 0 Å². The molecule has 0 saturated heterocycles. The molecule has 2 aromatic rings. The van der Waals surface area contributed by atoms with Crippen molar-refractivity contribution in [2.45, 2.75) is 12.5 Å². The maximum absolute atomic E-state index is 10.8. The normalized spacial score (nSPS) is 12.8. The highest BCUT2D eigenvalue weighted by Crippen LogP contribution is 2.18. The number of hydrogen-bond acceptors (Lipinski definition) is 3. The van der Waals surface area contributed by atoms with Crippen LogP contribution in [0.25, 0.3) is 11.0 Å². The first-order valence-corrected chi connectivity index (χ1v) is 5.13. The summed E-state index contributed by atoms with van der Waals surface area (Å²) >= 11 is 5.36. The zero-order valence-electron chi connectivity index (χ0n) is 8.31. The molecule has 5 heteroatoms. The van der Waals surface area contributed by atoms with E-state index in [9.17, 15) is 4.79 Å². The highest BCUT2D eigenvalue weighted by atomic mass is 35.5. The molecule has 16 heavy (non-hydrogen) atoms. The molecule has 0 bridgehead atoms. The molecule has 4 nitrogen and oxygen atoms in total. The SMILES string of the molecule is O=C(O)[C@@H](Cc1ccc2occc2c1)NCl. The number of carboxylic acids is 1. The molecular weight excluding hydrogens is 230 g/mol. The Morgan fingerprint density at radius 3 is 3.00 bits per heavy atom. The minimum atomic E-state index is -0.970. The van der Waals surface area contributed by atoms with Crippen LogP contribution in [0, 0.1) is 0 Å². The van der Waals surface area contributed by atoms with Crippen molar-refractivity contribution in [3.63, 3.8) is 0 Å². The Bertz CT molecular complexity index is 509. The lowest BCUT2D eigenvalue weighted by Crippen LogP contribution is -2.32. The zero-order chi connectivity index (χ0) is 11.5. The molecule has 1 heterocycles. The lowest BCUT2D eigenvalue weighted by atomic mass is 10.1. The summed E-state index contributed by atoms with van der Waals surface area (Å²) in [6, 6.07) is 6.59. The lowest BCUT2D eigenvalue weighted by molar-refractivity contribution is -0.138. The molecule has 0 unspecified atom stereocenters. The number of halogens is 1. The summed E-state index contributed by atoms with van der Waals surface area (Å²) in [6.45, 7) is 0. The van der Waals surface area contributed by atoms with Crippen molar-refractivity contribution < 1.29 is 14.3 Å². The van der Waals surface area contributed by atoms with Gasteiger partial charge >= 0.3 is 5.97 Å². The number of carbonyl (C=O) groups is 1. The van der Waals surface area contributed by atoms with Gasteiger partial charge in [0.15, 0.2) is 0 Å². The van der Waals surface area contributed by atoms with E-state index in [-0.39, 0.29) is 0 Å². The first-order chi connectivity index (χ1) is 7.70. The second-order valence-electron chi connectivity index (χ2n) is 3.50. The van der Waals surface area contributed by atoms with Gasteiger partial charge in [-0.15, -0.1) is 0 Å². The average Bonchev–Trinajstić information content (AvgIpc) is 2.72. The molecular formula is C11H10ClNO3. The number of aliphatic carboxylic acids is 1. The highest BCUT2D eigenvalue weighted by molar-refractivity contribution is 6.14. The lowest BCUT2D eigenvalue weighted by Gasteiger charge is -2.09. The molecule has 0 radical (unpaired) electrons. The Morgan fingerprint density at radius 2 is 2.31 bits per heavy atom. The van der Waals surface area contributed by atoms with Gasteiger partial charge in [-0.3, -0.25) is 4.79 Å². The monoisotopic (exact) mass is 239 g/mol. The van der Waals surface area contributed by atoms with E-state index in [1.165, 1.54) is 0 Å². The van der Waals surface area contributed by atoms with Crippen molar-refractivity contribution in [1.29, 1.82) is 0 Å². The third-order valence-electron chi connectivity index (χ3n) is 2.39. The largest absolute Gasteiger partial charge is 0.480 e. The van der Waals surface area contributed by atoms with Gasteiger partial charge in [-0.05, 0) is 42.0 Å². The number of fused-ring (bicyclic) bond motifs is 1. The van der Waals surface area contributed by atoms with Gasteiger partial charge in [0.1, 0.15) is 11.6 Å². The maximum atomic E-state index is 10.8. The van der Waals surface area contributed by atoms with Gasteiger partial charge in [0.05, 0.1) is 6.26 Å². The molecule has 1 aromatic carbocycles. The molecule has 2 N–H and O–H groups in total. The van der Waals surface area contributed by atoms with Crippen LogP contribution in [0.4, 0.5) is 0 Å². The van der Waals surface area contributed by atoms with E-state index in [4.69, 9.17) is 21.3 Å². The minimum Gasteiger partial charge on any atom is -0.480 e. The molecule has 0 amide bonds. The summed E-state index contributed by atoms with van der Waals surface area (Å²) in [4.78, 5) is 13.0. The smallest absolute Gasteiger partial charge is 0.322 e. The maximum Gasteiger partial charge on any atom is 0.322 e. The molecule has 0 fully saturated rings. The van der Waals surface area contributed by atoms with Crippen LogP contribution in [0.5, 0.6) is 0 Å². The van der Waals surface area contributed by atoms with E-state index in [1.54, 1.807) is 6.26 Å². The van der Waals surface area contributed by atoms with Crippen LogP contribution in [-0.2, 0) is 11.2 Å². The van der Waals surface area contributed by atoms with Crippen LogP contribution >= 0.6 is 11.8 Å². The molecule has 84 valence electrons. The molecule has 0 aliphatic rings. The second kappa shape index (κ2) is 4.55. The van der Waals surface area contributed by atoms with Gasteiger partial charge in [0.2, 0.25) is 0 Å². The Hall–Kier alpha value is -1.52. The second-order valence-corrected chi connectivity index (χ2v) is 3.72. The predicted molar refractivity (Wildman–Crippen MR) is 60.3 cm³/mol. The fourth-order valence-electron chi connectivity index (χ4n) is 1.55. The summed E-state index contributed by atoms with van der Waals surface area (Å²) in [5, 5.41) is 9.80. The zero-order valence-corrected chi connectivity index (χ0v) is 9.07. The van der Waals surface area contributed by atoms with Crippen LogP contribution in [0.2, 0.25) is 0 Å². The van der Waals surface area contributed by atoms with Crippen molar-refractivity contribution in [2.24, 2.45) is 0 Å². The minimum absolute atomic E-state index is 0.333. The molecule has 2 rings (SSSR count). The third kappa shape index (κ3) is 2.18. The van der Waals surface area contributed by atoms with Gasteiger partial charge in [0.25, 0.3) is 0 Å².